The molecule has 1 atom stereocenters. The third kappa shape index (κ3) is 5.84. The third-order valence-electron chi connectivity index (χ3n) is 7.34. The Balaban J connectivity index is 1.36. The molecule has 0 bridgehead atoms. The van der Waals surface area contributed by atoms with Gasteiger partial charge in [0.2, 0.25) is 5.91 Å². The van der Waals surface area contributed by atoms with E-state index < -0.39 is 0 Å². The fourth-order valence-electron chi connectivity index (χ4n) is 5.46. The fourth-order valence-corrected chi connectivity index (χ4v) is 5.65. The van der Waals surface area contributed by atoms with Crippen molar-refractivity contribution in [1.29, 1.82) is 0 Å². The van der Waals surface area contributed by atoms with Gasteiger partial charge in [0.25, 0.3) is 0 Å². The van der Waals surface area contributed by atoms with Crippen molar-refractivity contribution >= 4 is 28.4 Å². The van der Waals surface area contributed by atoms with Crippen LogP contribution in [0.25, 0.3) is 10.9 Å². The van der Waals surface area contributed by atoms with Crippen molar-refractivity contribution < 1.29 is 4.79 Å². The number of hydrogen-bond donors (Lipinski definition) is 1. The molecular formula is C34H33ClN2O. The van der Waals surface area contributed by atoms with Crippen LogP contribution in [0, 0.1) is 0 Å². The monoisotopic (exact) mass is 520 g/mol. The molecule has 0 spiro atoms. The van der Waals surface area contributed by atoms with E-state index in [4.69, 9.17) is 11.6 Å². The van der Waals surface area contributed by atoms with Crippen molar-refractivity contribution in [3.8, 4) is 0 Å². The van der Waals surface area contributed by atoms with E-state index in [9.17, 15) is 4.79 Å². The molecule has 1 aromatic heterocycles. The highest BCUT2D eigenvalue weighted by molar-refractivity contribution is 6.30. The first kappa shape index (κ1) is 25.8. The van der Waals surface area contributed by atoms with Gasteiger partial charge in [0.05, 0.1) is 0 Å². The van der Waals surface area contributed by atoms with Crippen LogP contribution < -0.4 is 5.32 Å². The predicted molar refractivity (Wildman–Crippen MR) is 158 cm³/mol. The average Bonchev–Trinajstić information content (AvgIpc) is 3.33. The van der Waals surface area contributed by atoms with E-state index in [1.165, 1.54) is 22.0 Å². The number of para-hydroxylation sites is 1. The summed E-state index contributed by atoms with van der Waals surface area (Å²) in [5.41, 5.74) is 5.92. The van der Waals surface area contributed by atoms with Crippen molar-refractivity contribution in [2.45, 2.75) is 38.1 Å². The van der Waals surface area contributed by atoms with Gasteiger partial charge < -0.3 is 9.88 Å². The Morgan fingerprint density at radius 1 is 0.789 bits per heavy atom. The maximum atomic E-state index is 13.4. The Hall–Kier alpha value is -3.82. The summed E-state index contributed by atoms with van der Waals surface area (Å²) >= 11 is 6.39. The predicted octanol–water partition coefficient (Wildman–Crippen LogP) is 8.18. The lowest BCUT2D eigenvalue weighted by atomic mass is 9.87. The van der Waals surface area contributed by atoms with Crippen molar-refractivity contribution in [3.05, 3.63) is 143 Å². The van der Waals surface area contributed by atoms with Crippen molar-refractivity contribution in [2.75, 3.05) is 6.54 Å². The highest BCUT2D eigenvalue weighted by Gasteiger charge is 2.23. The summed E-state index contributed by atoms with van der Waals surface area (Å²) in [6.45, 7) is 3.62. The summed E-state index contributed by atoms with van der Waals surface area (Å²) in [4.78, 5) is 13.4. The van der Waals surface area contributed by atoms with Gasteiger partial charge in [-0.3, -0.25) is 4.79 Å². The highest BCUT2D eigenvalue weighted by atomic mass is 35.5. The maximum absolute atomic E-state index is 13.4. The zero-order valence-corrected chi connectivity index (χ0v) is 22.4. The van der Waals surface area contributed by atoms with Crippen LogP contribution in [0.4, 0.5) is 0 Å². The number of carbonyl (C=O) groups is 1. The summed E-state index contributed by atoms with van der Waals surface area (Å²) in [5.74, 6) is 0.178. The van der Waals surface area contributed by atoms with Gasteiger partial charge in [0.1, 0.15) is 0 Å². The molecule has 0 aliphatic carbocycles. The Morgan fingerprint density at radius 3 is 2.08 bits per heavy atom. The zero-order valence-electron chi connectivity index (χ0n) is 21.7. The van der Waals surface area contributed by atoms with Gasteiger partial charge in [0, 0.05) is 53.5 Å². The second kappa shape index (κ2) is 12.1. The average molecular weight is 521 g/mol. The van der Waals surface area contributed by atoms with E-state index in [-0.39, 0.29) is 17.7 Å². The number of nitrogens with zero attached hydrogens (tertiary/aromatic N) is 1. The molecule has 0 fully saturated rings. The zero-order chi connectivity index (χ0) is 26.3. The number of halogens is 1. The van der Waals surface area contributed by atoms with E-state index in [1.54, 1.807) is 0 Å². The Kier molecular flexibility index (Phi) is 8.25. The lowest BCUT2D eigenvalue weighted by Crippen LogP contribution is -2.27. The van der Waals surface area contributed by atoms with E-state index in [2.05, 4.69) is 102 Å². The molecule has 0 saturated heterocycles. The van der Waals surface area contributed by atoms with Crippen molar-refractivity contribution in [2.24, 2.45) is 0 Å². The van der Waals surface area contributed by atoms with Crippen LogP contribution in [0.5, 0.6) is 0 Å². The molecule has 38 heavy (non-hydrogen) atoms. The molecule has 1 heterocycles. The molecule has 4 heteroatoms. The van der Waals surface area contributed by atoms with E-state index in [0.717, 1.165) is 24.1 Å². The molecule has 0 unspecified atom stereocenters. The first-order valence-corrected chi connectivity index (χ1v) is 13.7. The molecule has 0 saturated carbocycles. The van der Waals surface area contributed by atoms with Gasteiger partial charge in [-0.25, -0.2) is 0 Å². The second-order valence-electron chi connectivity index (χ2n) is 9.71. The van der Waals surface area contributed by atoms with Crippen LogP contribution in [0.1, 0.15) is 53.9 Å². The molecule has 3 nitrogen and oxygen atoms in total. The topological polar surface area (TPSA) is 34.0 Å². The Morgan fingerprint density at radius 2 is 1.42 bits per heavy atom. The standard InChI is InChI=1S/C34H33ClN2O/c1-2-37-24-32(30-18-9-10-19-33(30)37)31(27-16-11-17-28(35)22-27)23-34(38)36-21-20-29(25-12-5-3-6-13-25)26-14-7-4-8-15-26/h3-19,22,24,29,31H,2,20-21,23H2,1H3,(H,36,38)/t31-/m1/s1. The number of aryl methyl sites for hydroxylation is 1. The van der Waals surface area contributed by atoms with Crippen LogP contribution >= 0.6 is 11.6 Å². The Labute approximate surface area is 230 Å². The van der Waals surface area contributed by atoms with Crippen LogP contribution in [0.15, 0.2) is 115 Å². The number of benzene rings is 4. The van der Waals surface area contributed by atoms with Crippen LogP contribution in [0.3, 0.4) is 0 Å². The smallest absolute Gasteiger partial charge is 0.220 e. The van der Waals surface area contributed by atoms with Gasteiger partial charge in [-0.1, -0.05) is 103 Å². The number of fused-ring (bicyclic) bond motifs is 1. The highest BCUT2D eigenvalue weighted by Crippen LogP contribution is 2.36. The normalized spacial score (nSPS) is 12.1. The number of hydrogen-bond acceptors (Lipinski definition) is 1. The molecule has 1 N–H and O–H groups in total. The number of amides is 1. The minimum atomic E-state index is -0.0922. The summed E-state index contributed by atoms with van der Waals surface area (Å²) in [5, 5.41) is 5.09. The number of nitrogens with one attached hydrogen (secondary N) is 1. The number of aromatic nitrogens is 1. The minimum Gasteiger partial charge on any atom is -0.356 e. The molecule has 5 aromatic rings. The molecule has 0 radical (unpaired) electrons. The number of carbonyl (C=O) groups excluding carboxylic acids is 1. The van der Waals surface area contributed by atoms with E-state index in [1.807, 2.05) is 30.3 Å². The third-order valence-corrected chi connectivity index (χ3v) is 7.57. The van der Waals surface area contributed by atoms with Gasteiger partial charge >= 0.3 is 0 Å². The SMILES string of the molecule is CCn1cc([C@H](CC(=O)NCCC(c2ccccc2)c2ccccc2)c2cccc(Cl)c2)c2ccccc21. The van der Waals surface area contributed by atoms with E-state index >= 15 is 0 Å². The minimum absolute atomic E-state index is 0.0446. The van der Waals surface area contributed by atoms with Crippen molar-refractivity contribution in [1.82, 2.24) is 9.88 Å². The fraction of sp³-hybridized carbons (Fsp3) is 0.206. The lowest BCUT2D eigenvalue weighted by Gasteiger charge is -2.20. The van der Waals surface area contributed by atoms with Crippen LogP contribution in [-0.2, 0) is 11.3 Å². The summed E-state index contributed by atoms with van der Waals surface area (Å²) in [6.07, 6.45) is 3.39. The molecule has 0 aliphatic rings. The second-order valence-corrected chi connectivity index (χ2v) is 10.1. The van der Waals surface area contributed by atoms with Crippen LogP contribution in [0.2, 0.25) is 5.02 Å². The lowest BCUT2D eigenvalue weighted by molar-refractivity contribution is -0.121. The first-order valence-electron chi connectivity index (χ1n) is 13.3. The molecule has 192 valence electrons. The Bertz CT molecular complexity index is 1450. The largest absolute Gasteiger partial charge is 0.356 e. The van der Waals surface area contributed by atoms with Gasteiger partial charge in [-0.05, 0) is 53.8 Å². The maximum Gasteiger partial charge on any atom is 0.220 e. The quantitative estimate of drug-likeness (QED) is 0.198. The van der Waals surface area contributed by atoms with Gasteiger partial charge in [-0.2, -0.15) is 0 Å². The molecule has 0 aliphatic heterocycles. The van der Waals surface area contributed by atoms with Gasteiger partial charge in [0.15, 0.2) is 0 Å². The summed E-state index contributed by atoms with van der Waals surface area (Å²) < 4.78 is 2.25. The first-order chi connectivity index (χ1) is 18.6. The van der Waals surface area contributed by atoms with Crippen molar-refractivity contribution in [3.63, 3.8) is 0 Å². The molecular weight excluding hydrogens is 488 g/mol. The van der Waals surface area contributed by atoms with Crippen LogP contribution in [-0.4, -0.2) is 17.0 Å². The summed E-state index contributed by atoms with van der Waals surface area (Å²) in [7, 11) is 0. The summed E-state index contributed by atoms with van der Waals surface area (Å²) in [6, 6.07) is 37.4. The molecule has 1 amide bonds. The van der Waals surface area contributed by atoms with E-state index in [0.29, 0.717) is 18.0 Å². The molecule has 5 rings (SSSR count). The van der Waals surface area contributed by atoms with Gasteiger partial charge in [-0.15, -0.1) is 0 Å². The number of rotatable bonds is 10. The molecule has 4 aromatic carbocycles.